The Morgan fingerprint density at radius 2 is 1.86 bits per heavy atom. The summed E-state index contributed by atoms with van der Waals surface area (Å²) >= 11 is 0. The van der Waals surface area contributed by atoms with Gasteiger partial charge in [0.2, 0.25) is 12.7 Å². The maximum Gasteiger partial charge on any atom is 0.273 e. The molecular formula is C27H25FN4O4. The first-order valence-corrected chi connectivity index (χ1v) is 11.6. The van der Waals surface area contributed by atoms with Crippen LogP contribution in [0.25, 0.3) is 0 Å². The quantitative estimate of drug-likeness (QED) is 0.359. The van der Waals surface area contributed by atoms with E-state index in [9.17, 15) is 9.18 Å². The highest BCUT2D eigenvalue weighted by Gasteiger charge is 2.19. The van der Waals surface area contributed by atoms with Crippen LogP contribution in [0.3, 0.4) is 0 Å². The van der Waals surface area contributed by atoms with E-state index < -0.39 is 0 Å². The van der Waals surface area contributed by atoms with E-state index >= 15 is 0 Å². The van der Waals surface area contributed by atoms with Crippen molar-refractivity contribution in [1.82, 2.24) is 20.2 Å². The first-order chi connectivity index (χ1) is 17.6. The molecule has 3 heterocycles. The van der Waals surface area contributed by atoms with Crippen molar-refractivity contribution in [3.8, 4) is 11.5 Å². The summed E-state index contributed by atoms with van der Waals surface area (Å²) < 4.78 is 30.9. The van der Waals surface area contributed by atoms with Gasteiger partial charge < -0.3 is 19.2 Å². The average molecular weight is 489 g/mol. The number of benzene rings is 2. The van der Waals surface area contributed by atoms with Crippen molar-refractivity contribution < 1.29 is 23.1 Å². The number of amides is 1. The number of hydrogen-bond acceptors (Lipinski definition) is 7. The summed E-state index contributed by atoms with van der Waals surface area (Å²) in [5, 5.41) is 2.83. The Morgan fingerprint density at radius 1 is 1.00 bits per heavy atom. The van der Waals surface area contributed by atoms with Crippen molar-refractivity contribution in [2.45, 2.75) is 26.1 Å². The van der Waals surface area contributed by atoms with E-state index in [2.05, 4.69) is 15.3 Å². The summed E-state index contributed by atoms with van der Waals surface area (Å²) in [7, 11) is 0. The number of nitrogens with zero attached hydrogens (tertiary/aromatic N) is 3. The third-order valence-corrected chi connectivity index (χ3v) is 5.73. The number of nitrogens with one attached hydrogen (secondary N) is 1. The second-order valence-corrected chi connectivity index (χ2v) is 8.38. The molecule has 0 spiro atoms. The van der Waals surface area contributed by atoms with Crippen LogP contribution in [0.1, 0.15) is 33.2 Å². The van der Waals surface area contributed by atoms with Gasteiger partial charge in [-0.25, -0.2) is 9.37 Å². The molecule has 5 rings (SSSR count). The van der Waals surface area contributed by atoms with Gasteiger partial charge in [0, 0.05) is 43.5 Å². The number of hydrogen-bond donors (Lipinski definition) is 1. The molecule has 8 nitrogen and oxygen atoms in total. The van der Waals surface area contributed by atoms with Gasteiger partial charge in [-0.05, 0) is 35.9 Å². The van der Waals surface area contributed by atoms with Crippen LogP contribution in [0.15, 0.2) is 77.5 Å². The summed E-state index contributed by atoms with van der Waals surface area (Å²) in [6.45, 7) is 1.72. The number of rotatable bonds is 10. The van der Waals surface area contributed by atoms with Crippen LogP contribution in [0.5, 0.6) is 11.5 Å². The number of aromatic nitrogens is 2. The van der Waals surface area contributed by atoms with E-state index in [0.717, 1.165) is 11.3 Å². The van der Waals surface area contributed by atoms with Crippen molar-refractivity contribution in [1.29, 1.82) is 0 Å². The van der Waals surface area contributed by atoms with Crippen molar-refractivity contribution in [3.05, 3.63) is 107 Å². The number of oxazole rings is 1. The predicted molar refractivity (Wildman–Crippen MR) is 129 cm³/mol. The zero-order valence-corrected chi connectivity index (χ0v) is 19.5. The molecule has 2 aromatic heterocycles. The van der Waals surface area contributed by atoms with Crippen LogP contribution in [0.4, 0.5) is 4.39 Å². The molecule has 0 saturated carbocycles. The Labute approximate surface area is 207 Å². The van der Waals surface area contributed by atoms with Gasteiger partial charge in [-0.2, -0.15) is 0 Å². The third kappa shape index (κ3) is 5.87. The molecule has 0 radical (unpaired) electrons. The minimum atomic E-state index is -0.322. The molecule has 1 aliphatic heterocycles. The fraction of sp³-hybridized carbons (Fsp3) is 0.222. The fourth-order valence-electron chi connectivity index (χ4n) is 3.95. The molecule has 1 N–H and O–H groups in total. The molecule has 36 heavy (non-hydrogen) atoms. The van der Waals surface area contributed by atoms with Crippen molar-refractivity contribution >= 4 is 5.91 Å². The van der Waals surface area contributed by atoms with Gasteiger partial charge in [0.25, 0.3) is 5.91 Å². The molecular weight excluding hydrogens is 463 g/mol. The van der Waals surface area contributed by atoms with Crippen LogP contribution in [0, 0.1) is 5.82 Å². The number of carbonyl (C=O) groups excluding carboxylic acids is 1. The van der Waals surface area contributed by atoms with Gasteiger partial charge in [0.15, 0.2) is 17.2 Å². The molecule has 0 atom stereocenters. The van der Waals surface area contributed by atoms with Gasteiger partial charge in [-0.3, -0.25) is 14.7 Å². The monoisotopic (exact) mass is 488 g/mol. The number of halogens is 1. The molecule has 0 fully saturated rings. The maximum atomic E-state index is 14.4. The first kappa shape index (κ1) is 23.5. The van der Waals surface area contributed by atoms with E-state index in [0.29, 0.717) is 49.0 Å². The minimum absolute atomic E-state index is 0.194. The van der Waals surface area contributed by atoms with Gasteiger partial charge in [-0.15, -0.1) is 0 Å². The molecule has 4 aromatic rings. The van der Waals surface area contributed by atoms with Crippen LogP contribution in [-0.4, -0.2) is 34.1 Å². The molecule has 1 aliphatic rings. The summed E-state index contributed by atoms with van der Waals surface area (Å²) in [6, 6.07) is 18.0. The van der Waals surface area contributed by atoms with Crippen LogP contribution in [-0.2, 0) is 26.1 Å². The zero-order chi connectivity index (χ0) is 24.7. The number of ether oxygens (including phenoxy) is 2. The van der Waals surface area contributed by atoms with Crippen molar-refractivity contribution in [2.75, 3.05) is 13.3 Å². The topological polar surface area (TPSA) is 89.7 Å². The largest absolute Gasteiger partial charge is 0.454 e. The molecule has 0 saturated heterocycles. The molecule has 9 heteroatoms. The van der Waals surface area contributed by atoms with E-state index in [1.807, 2.05) is 41.3 Å². The predicted octanol–water partition coefficient (Wildman–Crippen LogP) is 4.11. The highest BCUT2D eigenvalue weighted by atomic mass is 19.1. The minimum Gasteiger partial charge on any atom is -0.454 e. The Balaban J connectivity index is 1.25. The van der Waals surface area contributed by atoms with Crippen LogP contribution >= 0.6 is 0 Å². The lowest BCUT2D eigenvalue weighted by molar-refractivity contribution is 0.0949. The van der Waals surface area contributed by atoms with Gasteiger partial charge in [0.1, 0.15) is 12.1 Å². The fourth-order valence-corrected chi connectivity index (χ4v) is 3.95. The van der Waals surface area contributed by atoms with E-state index in [-0.39, 0.29) is 30.8 Å². The molecule has 0 bridgehead atoms. The Morgan fingerprint density at radius 3 is 2.72 bits per heavy atom. The zero-order valence-electron chi connectivity index (χ0n) is 19.5. The third-order valence-electron chi connectivity index (χ3n) is 5.73. The molecule has 0 unspecified atom stereocenters. The smallest absolute Gasteiger partial charge is 0.273 e. The maximum absolute atomic E-state index is 14.4. The summed E-state index contributed by atoms with van der Waals surface area (Å²) in [4.78, 5) is 23.1. The van der Waals surface area contributed by atoms with E-state index in [4.69, 9.17) is 13.9 Å². The van der Waals surface area contributed by atoms with Crippen molar-refractivity contribution in [2.24, 2.45) is 0 Å². The second kappa shape index (κ2) is 11.0. The standard InChI is InChI=1S/C27H25FN4O4/c28-22-7-2-1-5-20(22)15-32(14-19-8-9-24-25(13-19)36-18-35-24)16-26-31-23(17-34-26)27(33)30-12-10-21-6-3-4-11-29-21/h1-9,11,13,17H,10,12,14-16,18H2,(H,30,33). The van der Waals surface area contributed by atoms with Crippen molar-refractivity contribution in [3.63, 3.8) is 0 Å². The number of fused-ring (bicyclic) bond motifs is 1. The highest BCUT2D eigenvalue weighted by Crippen LogP contribution is 2.33. The van der Waals surface area contributed by atoms with Gasteiger partial charge >= 0.3 is 0 Å². The summed E-state index contributed by atoms with van der Waals surface area (Å²) in [5.74, 6) is 1.14. The molecule has 1 amide bonds. The van der Waals surface area contributed by atoms with Gasteiger partial charge in [-0.1, -0.05) is 30.3 Å². The lowest BCUT2D eigenvalue weighted by Crippen LogP contribution is -2.26. The summed E-state index contributed by atoms with van der Waals surface area (Å²) in [6.07, 6.45) is 3.67. The first-order valence-electron chi connectivity index (χ1n) is 11.6. The Bertz CT molecular complexity index is 1330. The highest BCUT2D eigenvalue weighted by molar-refractivity contribution is 5.91. The lowest BCUT2D eigenvalue weighted by atomic mass is 10.1. The van der Waals surface area contributed by atoms with E-state index in [1.165, 1.54) is 12.3 Å². The lowest BCUT2D eigenvalue weighted by Gasteiger charge is -2.21. The molecule has 0 aliphatic carbocycles. The van der Waals surface area contributed by atoms with E-state index in [1.54, 1.807) is 24.4 Å². The number of carbonyl (C=O) groups is 1. The van der Waals surface area contributed by atoms with Crippen LogP contribution < -0.4 is 14.8 Å². The Kier molecular flexibility index (Phi) is 7.18. The van der Waals surface area contributed by atoms with Gasteiger partial charge in [0.05, 0.1) is 6.54 Å². The average Bonchev–Trinajstić information content (AvgIpc) is 3.55. The van der Waals surface area contributed by atoms with Crippen LogP contribution in [0.2, 0.25) is 0 Å². The molecule has 184 valence electrons. The Hall–Kier alpha value is -4.24. The summed E-state index contributed by atoms with van der Waals surface area (Å²) in [5.41, 5.74) is 2.61. The number of pyridine rings is 1. The second-order valence-electron chi connectivity index (χ2n) is 8.38. The normalized spacial score (nSPS) is 12.2. The molecule has 2 aromatic carbocycles. The SMILES string of the molecule is O=C(NCCc1ccccn1)c1coc(CN(Cc2ccc3c(c2)OCO3)Cc2ccccc2F)n1.